The second-order valence-electron chi connectivity index (χ2n) is 3.88. The fourth-order valence-corrected chi connectivity index (χ4v) is 1.55. The maximum Gasteiger partial charge on any atom is 0.305 e. The Kier molecular flexibility index (Phi) is 3.72. The molecule has 2 atom stereocenters. The van der Waals surface area contributed by atoms with Crippen LogP contribution >= 0.6 is 0 Å². The van der Waals surface area contributed by atoms with Gasteiger partial charge in [0.05, 0.1) is 13.2 Å². The molecule has 1 fully saturated rings. The molecule has 1 aliphatic rings. The van der Waals surface area contributed by atoms with E-state index in [1.165, 1.54) is 7.11 Å². The summed E-state index contributed by atoms with van der Waals surface area (Å²) in [7, 11) is 1.36. The number of ether oxygens (including phenoxy) is 3. The van der Waals surface area contributed by atoms with E-state index in [2.05, 4.69) is 10.7 Å². The van der Waals surface area contributed by atoms with Gasteiger partial charge in [-0.1, -0.05) is 5.92 Å². The van der Waals surface area contributed by atoms with Crippen molar-refractivity contribution in [3.8, 4) is 12.3 Å². The van der Waals surface area contributed by atoms with Crippen molar-refractivity contribution in [2.75, 3.05) is 7.11 Å². The lowest BCUT2D eigenvalue weighted by Crippen LogP contribution is -2.22. The van der Waals surface area contributed by atoms with Crippen LogP contribution in [0.5, 0.6) is 0 Å². The predicted octanol–water partition coefficient (Wildman–Crippen LogP) is 1.09. The highest BCUT2D eigenvalue weighted by atomic mass is 16.7. The lowest BCUT2D eigenvalue weighted by molar-refractivity contribution is -0.148. The summed E-state index contributed by atoms with van der Waals surface area (Å²) < 4.78 is 15.6. The van der Waals surface area contributed by atoms with Gasteiger partial charge in [0.1, 0.15) is 6.10 Å². The molecule has 0 aromatic carbocycles. The van der Waals surface area contributed by atoms with Crippen LogP contribution in [0.3, 0.4) is 0 Å². The highest BCUT2D eigenvalue weighted by Gasteiger charge is 2.40. The number of rotatable bonds is 3. The van der Waals surface area contributed by atoms with E-state index in [1.54, 1.807) is 13.8 Å². The van der Waals surface area contributed by atoms with E-state index in [4.69, 9.17) is 15.9 Å². The average Bonchev–Trinajstić information content (AvgIpc) is 2.49. The second kappa shape index (κ2) is 4.65. The Bertz CT molecular complexity index is 277. The zero-order chi connectivity index (χ0) is 11.5. The number of esters is 1. The zero-order valence-corrected chi connectivity index (χ0v) is 9.28. The van der Waals surface area contributed by atoms with Gasteiger partial charge in [0.25, 0.3) is 0 Å². The molecule has 15 heavy (non-hydrogen) atoms. The lowest BCUT2D eigenvalue weighted by Gasteiger charge is -2.16. The average molecular weight is 212 g/mol. The summed E-state index contributed by atoms with van der Waals surface area (Å²) in [6.07, 6.45) is 5.51. The first kappa shape index (κ1) is 12.0. The zero-order valence-electron chi connectivity index (χ0n) is 9.28. The lowest BCUT2D eigenvalue weighted by atomic mass is 10.1. The van der Waals surface area contributed by atoms with Crippen molar-refractivity contribution in [3.05, 3.63) is 0 Å². The maximum atomic E-state index is 11.0. The van der Waals surface area contributed by atoms with Crippen molar-refractivity contribution in [1.29, 1.82) is 0 Å². The Balaban J connectivity index is 2.48. The minimum Gasteiger partial charge on any atom is -0.469 e. The van der Waals surface area contributed by atoms with Gasteiger partial charge in [0.15, 0.2) is 5.79 Å². The molecule has 0 aliphatic carbocycles. The van der Waals surface area contributed by atoms with E-state index < -0.39 is 5.79 Å². The molecule has 0 bridgehead atoms. The van der Waals surface area contributed by atoms with Gasteiger partial charge in [-0.05, 0) is 20.3 Å². The Morgan fingerprint density at radius 1 is 1.53 bits per heavy atom. The van der Waals surface area contributed by atoms with Gasteiger partial charge in [-0.15, -0.1) is 6.42 Å². The molecule has 0 saturated carbocycles. The summed E-state index contributed by atoms with van der Waals surface area (Å²) in [6, 6.07) is 0. The number of methoxy groups -OCH3 is 1. The molecular weight excluding hydrogens is 196 g/mol. The first-order valence-corrected chi connectivity index (χ1v) is 4.87. The SMILES string of the molecule is C#C[C@@H]1OC(C)(C)O[C@@H]1CCC(=O)OC. The fraction of sp³-hybridized carbons (Fsp3) is 0.727. The van der Waals surface area contributed by atoms with Crippen LogP contribution in [0.2, 0.25) is 0 Å². The van der Waals surface area contributed by atoms with Crippen LogP contribution in [-0.4, -0.2) is 31.1 Å². The van der Waals surface area contributed by atoms with E-state index in [-0.39, 0.29) is 18.2 Å². The molecule has 4 nitrogen and oxygen atoms in total. The van der Waals surface area contributed by atoms with Crippen LogP contribution < -0.4 is 0 Å². The number of hydrogen-bond donors (Lipinski definition) is 0. The summed E-state index contributed by atoms with van der Waals surface area (Å²) in [6.45, 7) is 3.60. The molecule has 1 rings (SSSR count). The van der Waals surface area contributed by atoms with Gasteiger partial charge >= 0.3 is 5.97 Å². The van der Waals surface area contributed by atoms with Crippen LogP contribution in [0.1, 0.15) is 26.7 Å². The van der Waals surface area contributed by atoms with Gasteiger partial charge in [-0.25, -0.2) is 0 Å². The molecule has 0 amide bonds. The van der Waals surface area contributed by atoms with Gasteiger partial charge in [-0.3, -0.25) is 4.79 Å². The van der Waals surface area contributed by atoms with Crippen LogP contribution in [0, 0.1) is 12.3 Å². The van der Waals surface area contributed by atoms with E-state index in [0.29, 0.717) is 12.8 Å². The van der Waals surface area contributed by atoms with Crippen molar-refractivity contribution in [2.24, 2.45) is 0 Å². The smallest absolute Gasteiger partial charge is 0.305 e. The third-order valence-electron chi connectivity index (χ3n) is 2.21. The molecule has 1 aliphatic heterocycles. The molecule has 0 spiro atoms. The van der Waals surface area contributed by atoms with Crippen LogP contribution in [0.25, 0.3) is 0 Å². The van der Waals surface area contributed by atoms with E-state index in [0.717, 1.165) is 0 Å². The fourth-order valence-electron chi connectivity index (χ4n) is 1.55. The quantitative estimate of drug-likeness (QED) is 0.519. The van der Waals surface area contributed by atoms with Crippen molar-refractivity contribution >= 4 is 5.97 Å². The summed E-state index contributed by atoms with van der Waals surface area (Å²) >= 11 is 0. The Morgan fingerprint density at radius 3 is 2.73 bits per heavy atom. The van der Waals surface area contributed by atoms with Gasteiger partial charge < -0.3 is 14.2 Å². The second-order valence-corrected chi connectivity index (χ2v) is 3.88. The Hall–Kier alpha value is -1.05. The summed E-state index contributed by atoms with van der Waals surface area (Å²) in [5.74, 6) is 1.58. The van der Waals surface area contributed by atoms with Crippen LogP contribution in [0.15, 0.2) is 0 Å². The Morgan fingerprint density at radius 2 is 2.20 bits per heavy atom. The normalized spacial score (nSPS) is 28.4. The number of carbonyl (C=O) groups is 1. The molecule has 4 heteroatoms. The first-order chi connectivity index (χ1) is 6.98. The number of carbonyl (C=O) groups excluding carboxylic acids is 1. The number of hydrogen-bond acceptors (Lipinski definition) is 4. The summed E-state index contributed by atoms with van der Waals surface area (Å²) in [5.41, 5.74) is 0. The van der Waals surface area contributed by atoms with Gasteiger partial charge in [0, 0.05) is 6.42 Å². The van der Waals surface area contributed by atoms with Crippen LogP contribution in [0.4, 0.5) is 0 Å². The minimum atomic E-state index is -0.669. The van der Waals surface area contributed by atoms with Crippen molar-refractivity contribution in [3.63, 3.8) is 0 Å². The molecule has 84 valence electrons. The molecular formula is C11H16O4. The minimum absolute atomic E-state index is 0.232. The molecule has 0 N–H and O–H groups in total. The first-order valence-electron chi connectivity index (χ1n) is 4.87. The summed E-state index contributed by atoms with van der Waals surface area (Å²) in [4.78, 5) is 11.0. The molecule has 0 aromatic rings. The predicted molar refractivity (Wildman–Crippen MR) is 53.9 cm³/mol. The number of terminal acetylenes is 1. The maximum absolute atomic E-state index is 11.0. The largest absolute Gasteiger partial charge is 0.469 e. The molecule has 1 saturated heterocycles. The molecule has 0 radical (unpaired) electrons. The van der Waals surface area contributed by atoms with E-state index >= 15 is 0 Å². The monoisotopic (exact) mass is 212 g/mol. The van der Waals surface area contributed by atoms with Gasteiger partial charge in [0.2, 0.25) is 0 Å². The Labute approximate surface area is 89.9 Å². The van der Waals surface area contributed by atoms with Crippen molar-refractivity contribution in [2.45, 2.75) is 44.7 Å². The highest BCUT2D eigenvalue weighted by molar-refractivity contribution is 5.69. The third kappa shape index (κ3) is 3.22. The standard InChI is InChI=1S/C11H16O4/c1-5-8-9(6-7-10(12)13-4)15-11(2,3)14-8/h1,8-9H,6-7H2,2-4H3/t8-,9+/m0/s1. The van der Waals surface area contributed by atoms with Crippen molar-refractivity contribution < 1.29 is 19.0 Å². The summed E-state index contributed by atoms with van der Waals surface area (Å²) in [5, 5.41) is 0. The highest BCUT2D eigenvalue weighted by Crippen LogP contribution is 2.30. The van der Waals surface area contributed by atoms with Crippen molar-refractivity contribution in [1.82, 2.24) is 0 Å². The molecule has 1 heterocycles. The third-order valence-corrected chi connectivity index (χ3v) is 2.21. The van der Waals surface area contributed by atoms with E-state index in [9.17, 15) is 4.79 Å². The molecule has 0 aromatic heterocycles. The molecule has 0 unspecified atom stereocenters. The topological polar surface area (TPSA) is 44.8 Å². The van der Waals surface area contributed by atoms with E-state index in [1.807, 2.05) is 0 Å². The van der Waals surface area contributed by atoms with Crippen LogP contribution in [-0.2, 0) is 19.0 Å². The van der Waals surface area contributed by atoms with Gasteiger partial charge in [-0.2, -0.15) is 0 Å².